The molecule has 0 aromatic carbocycles. The maximum Gasteiger partial charge on any atom is 0.0707 e. The van der Waals surface area contributed by atoms with Crippen molar-refractivity contribution in [3.05, 3.63) is 0 Å². The van der Waals surface area contributed by atoms with Crippen molar-refractivity contribution in [2.75, 3.05) is 40.1 Å². The van der Waals surface area contributed by atoms with Crippen molar-refractivity contribution in [1.82, 2.24) is 5.32 Å². The lowest BCUT2D eigenvalue weighted by Crippen LogP contribution is -2.37. The van der Waals surface area contributed by atoms with Crippen LogP contribution >= 0.6 is 0 Å². The van der Waals surface area contributed by atoms with E-state index in [1.807, 2.05) is 20.8 Å². The molecule has 0 spiro atoms. The Labute approximate surface area is 99.6 Å². The number of ether oxygens (including phenoxy) is 3. The van der Waals surface area contributed by atoms with Crippen LogP contribution in [0.3, 0.4) is 0 Å². The van der Waals surface area contributed by atoms with Crippen LogP contribution in [0.4, 0.5) is 0 Å². The van der Waals surface area contributed by atoms with Gasteiger partial charge in [-0.1, -0.05) is 6.92 Å². The highest BCUT2D eigenvalue weighted by molar-refractivity contribution is 4.63. The third-order valence-electron chi connectivity index (χ3n) is 1.94. The summed E-state index contributed by atoms with van der Waals surface area (Å²) in [5.41, 5.74) is -0.0863. The summed E-state index contributed by atoms with van der Waals surface area (Å²) in [6, 6.07) is 0.268. The Kier molecular flexibility index (Phi) is 8.84. The van der Waals surface area contributed by atoms with Crippen molar-refractivity contribution in [3.63, 3.8) is 0 Å². The van der Waals surface area contributed by atoms with Crippen molar-refractivity contribution in [1.29, 1.82) is 0 Å². The molecular weight excluding hydrogens is 206 g/mol. The van der Waals surface area contributed by atoms with E-state index in [2.05, 4.69) is 12.2 Å². The monoisotopic (exact) mass is 233 g/mol. The second kappa shape index (κ2) is 8.93. The summed E-state index contributed by atoms with van der Waals surface area (Å²) in [4.78, 5) is 0. The fourth-order valence-corrected chi connectivity index (χ4v) is 1.29. The van der Waals surface area contributed by atoms with Crippen molar-refractivity contribution in [2.24, 2.45) is 0 Å². The van der Waals surface area contributed by atoms with Crippen LogP contribution in [0.1, 0.15) is 27.7 Å². The SMILES string of the molecule is CCNC(COC)COCCOC(C)(C)C. The molecule has 0 amide bonds. The van der Waals surface area contributed by atoms with Crippen LogP contribution in [-0.4, -0.2) is 51.7 Å². The highest BCUT2D eigenvalue weighted by Crippen LogP contribution is 2.05. The van der Waals surface area contributed by atoms with E-state index in [9.17, 15) is 0 Å². The Morgan fingerprint density at radius 1 is 1.12 bits per heavy atom. The van der Waals surface area contributed by atoms with Crippen LogP contribution in [0.2, 0.25) is 0 Å². The Morgan fingerprint density at radius 2 is 1.81 bits per heavy atom. The molecule has 0 aliphatic rings. The van der Waals surface area contributed by atoms with Crippen molar-refractivity contribution < 1.29 is 14.2 Å². The molecule has 0 aromatic heterocycles. The predicted molar refractivity (Wildman–Crippen MR) is 65.9 cm³/mol. The van der Waals surface area contributed by atoms with Crippen LogP contribution in [0, 0.1) is 0 Å². The van der Waals surface area contributed by atoms with Gasteiger partial charge in [0.05, 0.1) is 38.1 Å². The summed E-state index contributed by atoms with van der Waals surface area (Å²) in [5.74, 6) is 0. The highest BCUT2D eigenvalue weighted by atomic mass is 16.5. The summed E-state index contributed by atoms with van der Waals surface area (Å²) < 4.78 is 16.2. The van der Waals surface area contributed by atoms with Gasteiger partial charge in [0.1, 0.15) is 0 Å². The molecule has 0 aromatic rings. The van der Waals surface area contributed by atoms with Gasteiger partial charge in [0.25, 0.3) is 0 Å². The maximum absolute atomic E-state index is 5.55. The first-order valence-corrected chi connectivity index (χ1v) is 5.93. The average Bonchev–Trinajstić information content (AvgIpc) is 2.16. The molecule has 0 bridgehead atoms. The van der Waals surface area contributed by atoms with E-state index in [1.54, 1.807) is 7.11 Å². The number of hydrogen-bond acceptors (Lipinski definition) is 4. The lowest BCUT2D eigenvalue weighted by molar-refractivity contribution is -0.0395. The largest absolute Gasteiger partial charge is 0.383 e. The van der Waals surface area contributed by atoms with Gasteiger partial charge in [0, 0.05) is 7.11 Å². The van der Waals surface area contributed by atoms with Gasteiger partial charge in [-0.25, -0.2) is 0 Å². The van der Waals surface area contributed by atoms with E-state index in [4.69, 9.17) is 14.2 Å². The first-order valence-electron chi connectivity index (χ1n) is 5.93. The third-order valence-corrected chi connectivity index (χ3v) is 1.94. The predicted octanol–water partition coefficient (Wildman–Crippen LogP) is 1.44. The van der Waals surface area contributed by atoms with Gasteiger partial charge in [-0.15, -0.1) is 0 Å². The smallest absolute Gasteiger partial charge is 0.0707 e. The standard InChI is InChI=1S/C12H27NO3/c1-6-13-11(9-14-5)10-15-7-8-16-12(2,3)4/h11,13H,6-10H2,1-5H3. The van der Waals surface area contributed by atoms with Crippen LogP contribution in [0.15, 0.2) is 0 Å². The molecule has 16 heavy (non-hydrogen) atoms. The minimum atomic E-state index is -0.0863. The van der Waals surface area contributed by atoms with Gasteiger partial charge >= 0.3 is 0 Å². The molecule has 1 N–H and O–H groups in total. The highest BCUT2D eigenvalue weighted by Gasteiger charge is 2.10. The average molecular weight is 233 g/mol. The van der Waals surface area contributed by atoms with Gasteiger partial charge in [-0.2, -0.15) is 0 Å². The van der Waals surface area contributed by atoms with E-state index >= 15 is 0 Å². The molecule has 0 heterocycles. The summed E-state index contributed by atoms with van der Waals surface area (Å²) >= 11 is 0. The molecule has 1 unspecified atom stereocenters. The summed E-state index contributed by atoms with van der Waals surface area (Å²) in [5, 5.41) is 3.30. The summed E-state index contributed by atoms with van der Waals surface area (Å²) in [6.07, 6.45) is 0. The topological polar surface area (TPSA) is 39.7 Å². The van der Waals surface area contributed by atoms with Crippen LogP contribution < -0.4 is 5.32 Å². The zero-order valence-electron chi connectivity index (χ0n) is 11.3. The number of hydrogen-bond donors (Lipinski definition) is 1. The minimum absolute atomic E-state index is 0.0863. The van der Waals surface area contributed by atoms with Gasteiger partial charge < -0.3 is 19.5 Å². The third kappa shape index (κ3) is 10.4. The maximum atomic E-state index is 5.55. The van der Waals surface area contributed by atoms with Gasteiger partial charge in [-0.05, 0) is 27.3 Å². The fraction of sp³-hybridized carbons (Fsp3) is 1.00. The molecule has 0 aliphatic carbocycles. The lowest BCUT2D eigenvalue weighted by atomic mass is 10.2. The second-order valence-electron chi connectivity index (χ2n) is 4.75. The van der Waals surface area contributed by atoms with Gasteiger partial charge in [0.15, 0.2) is 0 Å². The van der Waals surface area contributed by atoms with E-state index in [-0.39, 0.29) is 11.6 Å². The van der Waals surface area contributed by atoms with Gasteiger partial charge in [0.2, 0.25) is 0 Å². The number of methoxy groups -OCH3 is 1. The van der Waals surface area contributed by atoms with E-state index in [0.29, 0.717) is 26.4 Å². The number of rotatable bonds is 9. The molecule has 0 fully saturated rings. The molecule has 0 saturated heterocycles. The Hall–Kier alpha value is -0.160. The molecule has 0 radical (unpaired) electrons. The molecule has 0 rings (SSSR count). The van der Waals surface area contributed by atoms with Gasteiger partial charge in [-0.3, -0.25) is 0 Å². The van der Waals surface area contributed by atoms with E-state index in [1.165, 1.54) is 0 Å². The molecule has 1 atom stereocenters. The zero-order chi connectivity index (χ0) is 12.4. The zero-order valence-corrected chi connectivity index (χ0v) is 11.3. The van der Waals surface area contributed by atoms with E-state index in [0.717, 1.165) is 6.54 Å². The first kappa shape index (κ1) is 15.8. The molecule has 0 saturated carbocycles. The molecule has 0 aliphatic heterocycles. The minimum Gasteiger partial charge on any atom is -0.383 e. The summed E-state index contributed by atoms with van der Waals surface area (Å²) in [7, 11) is 1.70. The number of nitrogens with one attached hydrogen (secondary N) is 1. The normalized spacial score (nSPS) is 14.1. The Balaban J connectivity index is 3.46. The van der Waals surface area contributed by atoms with Crippen LogP contribution in [0.25, 0.3) is 0 Å². The molecular formula is C12H27NO3. The van der Waals surface area contributed by atoms with Crippen LogP contribution in [0.5, 0.6) is 0 Å². The lowest BCUT2D eigenvalue weighted by Gasteiger charge is -2.20. The second-order valence-corrected chi connectivity index (χ2v) is 4.75. The quantitative estimate of drug-likeness (QED) is 0.612. The van der Waals surface area contributed by atoms with Crippen molar-refractivity contribution in [3.8, 4) is 0 Å². The van der Waals surface area contributed by atoms with Crippen molar-refractivity contribution in [2.45, 2.75) is 39.3 Å². The molecule has 4 nitrogen and oxygen atoms in total. The fourth-order valence-electron chi connectivity index (χ4n) is 1.29. The van der Waals surface area contributed by atoms with Crippen molar-refractivity contribution >= 4 is 0 Å². The van der Waals surface area contributed by atoms with Crippen LogP contribution in [-0.2, 0) is 14.2 Å². The Bertz CT molecular complexity index is 151. The Morgan fingerprint density at radius 3 is 2.31 bits per heavy atom. The molecule has 98 valence electrons. The number of likely N-dealkylation sites (N-methyl/N-ethyl adjacent to an activating group) is 1. The van der Waals surface area contributed by atoms with E-state index < -0.39 is 0 Å². The summed E-state index contributed by atoms with van der Waals surface area (Å²) in [6.45, 7) is 11.7. The first-order chi connectivity index (χ1) is 7.49. The molecule has 4 heteroatoms.